The van der Waals surface area contributed by atoms with Crippen LogP contribution >= 0.6 is 0 Å². The Morgan fingerprint density at radius 2 is 2.05 bits per heavy atom. The van der Waals surface area contributed by atoms with E-state index in [2.05, 4.69) is 5.32 Å². The lowest BCUT2D eigenvalue weighted by Gasteiger charge is -2.33. The van der Waals surface area contributed by atoms with Crippen molar-refractivity contribution >= 4 is 12.0 Å². The highest BCUT2D eigenvalue weighted by molar-refractivity contribution is 5.79. The molecule has 0 aliphatic carbocycles. The first kappa shape index (κ1) is 15.8. The van der Waals surface area contributed by atoms with Gasteiger partial charge in [0.25, 0.3) is 0 Å². The summed E-state index contributed by atoms with van der Waals surface area (Å²) in [4.78, 5) is 25.4. The number of methoxy groups -OCH3 is 1. The largest absolute Gasteiger partial charge is 0.444 e. The van der Waals surface area contributed by atoms with Crippen LogP contribution in [0.5, 0.6) is 0 Å². The summed E-state index contributed by atoms with van der Waals surface area (Å²) in [6.07, 6.45) is 1.25. The molecule has 1 saturated heterocycles. The average molecular weight is 272 g/mol. The van der Waals surface area contributed by atoms with Crippen molar-refractivity contribution in [3.63, 3.8) is 0 Å². The van der Waals surface area contributed by atoms with Crippen molar-refractivity contribution in [3.8, 4) is 0 Å². The molecular weight excluding hydrogens is 248 g/mol. The fourth-order valence-corrected chi connectivity index (χ4v) is 1.97. The molecule has 6 nitrogen and oxygen atoms in total. The van der Waals surface area contributed by atoms with Crippen LogP contribution < -0.4 is 5.32 Å². The third-order valence-corrected chi connectivity index (χ3v) is 2.83. The van der Waals surface area contributed by atoms with E-state index in [4.69, 9.17) is 9.47 Å². The highest BCUT2D eigenvalue weighted by Gasteiger charge is 2.30. The van der Waals surface area contributed by atoms with Gasteiger partial charge in [0.1, 0.15) is 12.3 Å². The minimum Gasteiger partial charge on any atom is -0.444 e. The van der Waals surface area contributed by atoms with Gasteiger partial charge in [-0.25, -0.2) is 4.79 Å². The lowest BCUT2D eigenvalue weighted by atomic mass is 9.97. The lowest BCUT2D eigenvalue weighted by Crippen LogP contribution is -2.47. The number of amides is 2. The summed E-state index contributed by atoms with van der Waals surface area (Å²) in [5.41, 5.74) is -0.512. The third kappa shape index (κ3) is 5.46. The first-order valence-corrected chi connectivity index (χ1v) is 6.58. The molecule has 1 N–H and O–H groups in total. The maximum Gasteiger partial charge on any atom is 0.410 e. The molecule has 0 spiro atoms. The standard InChI is InChI=1S/C13H24N2O4/c1-13(2,3)19-12(17)15-7-5-6-10(8-15)11(16)14-9-18-4/h10H,5-9H2,1-4H3,(H,14,16)/t10-/m0/s1. The average Bonchev–Trinajstić information content (AvgIpc) is 2.34. The molecule has 0 radical (unpaired) electrons. The van der Waals surface area contributed by atoms with Crippen LogP contribution in [0.4, 0.5) is 4.79 Å². The van der Waals surface area contributed by atoms with E-state index < -0.39 is 5.60 Å². The van der Waals surface area contributed by atoms with Crippen LogP contribution in [0.25, 0.3) is 0 Å². The second-order valence-corrected chi connectivity index (χ2v) is 5.74. The molecule has 1 aliphatic rings. The second kappa shape index (κ2) is 6.75. The Hall–Kier alpha value is -1.30. The zero-order valence-electron chi connectivity index (χ0n) is 12.2. The molecule has 1 heterocycles. The Labute approximate surface area is 114 Å². The SMILES string of the molecule is COCNC(=O)[C@H]1CCCN(C(=O)OC(C)(C)C)C1. The van der Waals surface area contributed by atoms with Gasteiger partial charge in [0.15, 0.2) is 0 Å². The normalized spacial score (nSPS) is 20.0. The molecule has 0 aromatic heterocycles. The first-order chi connectivity index (χ1) is 8.83. The van der Waals surface area contributed by atoms with Gasteiger partial charge >= 0.3 is 6.09 Å². The molecule has 1 rings (SSSR count). The van der Waals surface area contributed by atoms with Crippen LogP contribution in [-0.2, 0) is 14.3 Å². The molecule has 1 fully saturated rings. The maximum absolute atomic E-state index is 11.9. The summed E-state index contributed by atoms with van der Waals surface area (Å²) in [5, 5.41) is 2.67. The van der Waals surface area contributed by atoms with Crippen LogP contribution in [0.1, 0.15) is 33.6 Å². The van der Waals surface area contributed by atoms with Crippen LogP contribution in [0.2, 0.25) is 0 Å². The van der Waals surface area contributed by atoms with E-state index in [0.29, 0.717) is 13.1 Å². The van der Waals surface area contributed by atoms with Crippen molar-refractivity contribution < 1.29 is 19.1 Å². The zero-order valence-corrected chi connectivity index (χ0v) is 12.2. The second-order valence-electron chi connectivity index (χ2n) is 5.74. The summed E-state index contributed by atoms with van der Waals surface area (Å²) in [5.74, 6) is -0.258. The number of likely N-dealkylation sites (tertiary alicyclic amines) is 1. The van der Waals surface area contributed by atoms with Gasteiger partial charge in [0.05, 0.1) is 5.92 Å². The maximum atomic E-state index is 11.9. The molecule has 110 valence electrons. The van der Waals surface area contributed by atoms with Gasteiger partial charge in [-0.3, -0.25) is 4.79 Å². The van der Waals surface area contributed by atoms with E-state index in [-0.39, 0.29) is 24.6 Å². The Morgan fingerprint density at radius 3 is 2.63 bits per heavy atom. The summed E-state index contributed by atoms with van der Waals surface area (Å²) in [6, 6.07) is 0. The molecule has 1 atom stereocenters. The Kier molecular flexibility index (Phi) is 5.60. The van der Waals surface area contributed by atoms with Gasteiger partial charge in [-0.1, -0.05) is 0 Å². The number of rotatable bonds is 3. The van der Waals surface area contributed by atoms with Crippen molar-refractivity contribution in [2.75, 3.05) is 26.9 Å². The number of nitrogens with zero attached hydrogens (tertiary/aromatic N) is 1. The van der Waals surface area contributed by atoms with E-state index in [9.17, 15) is 9.59 Å². The van der Waals surface area contributed by atoms with Gasteiger partial charge < -0.3 is 19.7 Å². The van der Waals surface area contributed by atoms with Crippen molar-refractivity contribution in [3.05, 3.63) is 0 Å². The summed E-state index contributed by atoms with van der Waals surface area (Å²) in [7, 11) is 1.52. The quantitative estimate of drug-likeness (QED) is 0.788. The molecule has 0 aromatic carbocycles. The molecule has 0 unspecified atom stereocenters. The highest BCUT2D eigenvalue weighted by atomic mass is 16.6. The van der Waals surface area contributed by atoms with E-state index >= 15 is 0 Å². The monoisotopic (exact) mass is 272 g/mol. The number of carbonyl (C=O) groups excluding carboxylic acids is 2. The topological polar surface area (TPSA) is 67.9 Å². The van der Waals surface area contributed by atoms with Crippen molar-refractivity contribution in [2.24, 2.45) is 5.92 Å². The van der Waals surface area contributed by atoms with Crippen LogP contribution in [0.15, 0.2) is 0 Å². The first-order valence-electron chi connectivity index (χ1n) is 6.58. The van der Waals surface area contributed by atoms with E-state index in [1.54, 1.807) is 4.90 Å². The number of carbonyl (C=O) groups is 2. The van der Waals surface area contributed by atoms with E-state index in [1.807, 2.05) is 20.8 Å². The smallest absolute Gasteiger partial charge is 0.410 e. The molecule has 2 amide bonds. The zero-order chi connectivity index (χ0) is 14.5. The summed E-state index contributed by atoms with van der Waals surface area (Å²) < 4.78 is 10.1. The van der Waals surface area contributed by atoms with Gasteiger partial charge in [-0.05, 0) is 33.6 Å². The predicted octanol–water partition coefficient (Wildman–Crippen LogP) is 1.35. The molecule has 0 aromatic rings. The molecular formula is C13H24N2O4. The molecule has 19 heavy (non-hydrogen) atoms. The fourth-order valence-electron chi connectivity index (χ4n) is 1.97. The predicted molar refractivity (Wildman–Crippen MR) is 70.5 cm³/mol. The Balaban J connectivity index is 2.50. The van der Waals surface area contributed by atoms with E-state index in [0.717, 1.165) is 12.8 Å². The Bertz CT molecular complexity index is 325. The van der Waals surface area contributed by atoms with Gasteiger partial charge in [-0.15, -0.1) is 0 Å². The Morgan fingerprint density at radius 1 is 1.37 bits per heavy atom. The molecule has 0 saturated carbocycles. The van der Waals surface area contributed by atoms with Crippen LogP contribution in [0.3, 0.4) is 0 Å². The lowest BCUT2D eigenvalue weighted by molar-refractivity contribution is -0.128. The van der Waals surface area contributed by atoms with Crippen LogP contribution in [-0.4, -0.2) is 49.4 Å². The van der Waals surface area contributed by atoms with Crippen molar-refractivity contribution in [1.82, 2.24) is 10.2 Å². The summed E-state index contributed by atoms with van der Waals surface area (Å²) >= 11 is 0. The van der Waals surface area contributed by atoms with E-state index in [1.165, 1.54) is 7.11 Å². The number of hydrogen-bond acceptors (Lipinski definition) is 4. The van der Waals surface area contributed by atoms with Crippen LogP contribution in [0, 0.1) is 5.92 Å². The number of nitrogens with one attached hydrogen (secondary N) is 1. The summed E-state index contributed by atoms with van der Waals surface area (Å²) in [6.45, 7) is 6.74. The van der Waals surface area contributed by atoms with Gasteiger partial charge in [0.2, 0.25) is 5.91 Å². The van der Waals surface area contributed by atoms with Gasteiger partial charge in [-0.2, -0.15) is 0 Å². The van der Waals surface area contributed by atoms with Crippen molar-refractivity contribution in [1.29, 1.82) is 0 Å². The molecule has 6 heteroatoms. The minimum atomic E-state index is -0.512. The number of hydrogen-bond donors (Lipinski definition) is 1. The number of piperidine rings is 1. The molecule has 1 aliphatic heterocycles. The van der Waals surface area contributed by atoms with Crippen molar-refractivity contribution in [2.45, 2.75) is 39.2 Å². The number of ether oxygens (including phenoxy) is 2. The molecule has 0 bridgehead atoms. The van der Waals surface area contributed by atoms with Gasteiger partial charge in [0, 0.05) is 20.2 Å². The highest BCUT2D eigenvalue weighted by Crippen LogP contribution is 2.19. The third-order valence-electron chi connectivity index (χ3n) is 2.83. The fraction of sp³-hybridized carbons (Fsp3) is 0.846. The minimum absolute atomic E-state index is 0.0740.